The first-order valence-electron chi connectivity index (χ1n) is 6.85. The van der Waals surface area contributed by atoms with Gasteiger partial charge in [0.05, 0.1) is 5.56 Å². The molecule has 0 saturated carbocycles. The first-order chi connectivity index (χ1) is 9.54. The summed E-state index contributed by atoms with van der Waals surface area (Å²) in [6.07, 6.45) is 0.727. The van der Waals surface area contributed by atoms with Crippen LogP contribution in [0, 0.1) is 5.92 Å². The summed E-state index contributed by atoms with van der Waals surface area (Å²) < 4.78 is 5.53. The zero-order valence-corrected chi connectivity index (χ0v) is 12.0. The predicted octanol–water partition coefficient (Wildman–Crippen LogP) is 1.76. The Bertz CT molecular complexity index is 403. The van der Waals surface area contributed by atoms with Crippen LogP contribution in [-0.4, -0.2) is 42.0 Å². The number of nitrogens with one attached hydrogen (secondary N) is 1. The maximum absolute atomic E-state index is 10.7. The highest BCUT2D eigenvalue weighted by molar-refractivity contribution is 5.87. The highest BCUT2D eigenvalue weighted by atomic mass is 16.5. The van der Waals surface area contributed by atoms with E-state index >= 15 is 0 Å². The Kier molecular flexibility index (Phi) is 7.04. The summed E-state index contributed by atoms with van der Waals surface area (Å²) in [5.41, 5.74) is 0.248. The van der Waals surface area contributed by atoms with Gasteiger partial charge in [0.2, 0.25) is 0 Å². The number of aliphatic hydroxyl groups excluding tert-OH is 1. The molecule has 5 heteroatoms. The molecule has 0 aromatic heterocycles. The van der Waals surface area contributed by atoms with Crippen LogP contribution in [0.15, 0.2) is 24.3 Å². The minimum atomic E-state index is -0.943. The lowest BCUT2D eigenvalue weighted by molar-refractivity contribution is 0.0697. The van der Waals surface area contributed by atoms with Crippen LogP contribution in [0.25, 0.3) is 0 Å². The van der Waals surface area contributed by atoms with Gasteiger partial charge in [0.25, 0.3) is 0 Å². The molecule has 0 aliphatic carbocycles. The topological polar surface area (TPSA) is 78.8 Å². The lowest BCUT2D eigenvalue weighted by Gasteiger charge is -2.21. The molecule has 112 valence electrons. The van der Waals surface area contributed by atoms with Crippen molar-refractivity contribution in [2.45, 2.75) is 26.3 Å². The van der Waals surface area contributed by atoms with E-state index in [9.17, 15) is 4.79 Å². The van der Waals surface area contributed by atoms with Gasteiger partial charge in [0.1, 0.15) is 12.4 Å². The molecule has 1 rings (SSSR count). The van der Waals surface area contributed by atoms with Gasteiger partial charge in [-0.05, 0) is 36.6 Å². The predicted molar refractivity (Wildman–Crippen MR) is 77.2 cm³/mol. The number of hydrogen-bond acceptors (Lipinski definition) is 4. The van der Waals surface area contributed by atoms with Crippen molar-refractivity contribution in [3.05, 3.63) is 29.8 Å². The number of carboxylic acids is 1. The minimum Gasteiger partial charge on any atom is -0.492 e. The van der Waals surface area contributed by atoms with Gasteiger partial charge in [0.15, 0.2) is 0 Å². The Balaban J connectivity index is 2.31. The molecule has 0 spiro atoms. The SMILES string of the molecule is CC(C)C(CCO)NCCOc1ccc(C(=O)O)cc1. The van der Waals surface area contributed by atoms with Crippen molar-refractivity contribution >= 4 is 5.97 Å². The van der Waals surface area contributed by atoms with Gasteiger partial charge in [-0.1, -0.05) is 13.8 Å². The Morgan fingerprint density at radius 3 is 2.45 bits per heavy atom. The van der Waals surface area contributed by atoms with Crippen LogP contribution in [0.2, 0.25) is 0 Å². The van der Waals surface area contributed by atoms with E-state index in [-0.39, 0.29) is 18.2 Å². The van der Waals surface area contributed by atoms with Crippen LogP contribution in [0.4, 0.5) is 0 Å². The Morgan fingerprint density at radius 2 is 1.95 bits per heavy atom. The number of ether oxygens (including phenoxy) is 1. The molecule has 1 aromatic rings. The fourth-order valence-electron chi connectivity index (χ4n) is 1.92. The highest BCUT2D eigenvalue weighted by Gasteiger charge is 2.11. The number of rotatable bonds is 9. The molecule has 1 unspecified atom stereocenters. The van der Waals surface area contributed by atoms with E-state index in [1.165, 1.54) is 12.1 Å². The Labute approximate surface area is 119 Å². The van der Waals surface area contributed by atoms with Crippen molar-refractivity contribution in [2.75, 3.05) is 19.8 Å². The molecular formula is C15H23NO4. The van der Waals surface area contributed by atoms with Crippen molar-refractivity contribution in [2.24, 2.45) is 5.92 Å². The fourth-order valence-corrected chi connectivity index (χ4v) is 1.92. The average Bonchev–Trinajstić information content (AvgIpc) is 2.42. The minimum absolute atomic E-state index is 0.174. The van der Waals surface area contributed by atoms with Gasteiger partial charge < -0.3 is 20.3 Å². The average molecular weight is 281 g/mol. The third-order valence-corrected chi connectivity index (χ3v) is 3.12. The van der Waals surface area contributed by atoms with Crippen molar-refractivity contribution in [1.29, 1.82) is 0 Å². The Hall–Kier alpha value is -1.59. The third-order valence-electron chi connectivity index (χ3n) is 3.12. The molecule has 1 atom stereocenters. The normalized spacial score (nSPS) is 12.4. The first-order valence-corrected chi connectivity index (χ1v) is 6.85. The summed E-state index contributed by atoms with van der Waals surface area (Å²) in [5, 5.41) is 21.1. The molecule has 0 saturated heterocycles. The molecule has 0 fully saturated rings. The second kappa shape index (κ2) is 8.55. The van der Waals surface area contributed by atoms with E-state index in [2.05, 4.69) is 19.2 Å². The number of aliphatic hydroxyl groups is 1. The van der Waals surface area contributed by atoms with Gasteiger partial charge in [0, 0.05) is 19.2 Å². The van der Waals surface area contributed by atoms with Crippen LogP contribution in [-0.2, 0) is 0 Å². The summed E-state index contributed by atoms with van der Waals surface area (Å²) in [4.78, 5) is 10.7. The van der Waals surface area contributed by atoms with Crippen molar-refractivity contribution in [3.8, 4) is 5.75 Å². The molecule has 0 aliphatic heterocycles. The van der Waals surface area contributed by atoms with Crippen LogP contribution in [0.3, 0.4) is 0 Å². The lowest BCUT2D eigenvalue weighted by atomic mass is 10.0. The van der Waals surface area contributed by atoms with Crippen LogP contribution >= 0.6 is 0 Å². The van der Waals surface area contributed by atoms with Gasteiger partial charge >= 0.3 is 5.97 Å². The van der Waals surface area contributed by atoms with Gasteiger partial charge in [-0.25, -0.2) is 4.79 Å². The zero-order chi connectivity index (χ0) is 15.0. The number of carbonyl (C=O) groups is 1. The Morgan fingerprint density at radius 1 is 1.30 bits per heavy atom. The maximum Gasteiger partial charge on any atom is 0.335 e. The lowest BCUT2D eigenvalue weighted by Crippen LogP contribution is -2.37. The smallest absolute Gasteiger partial charge is 0.335 e. The van der Waals surface area contributed by atoms with E-state index in [0.717, 1.165) is 6.42 Å². The molecule has 0 radical (unpaired) electrons. The van der Waals surface area contributed by atoms with Crippen LogP contribution in [0.5, 0.6) is 5.75 Å². The monoisotopic (exact) mass is 281 g/mol. The van der Waals surface area contributed by atoms with Crippen molar-refractivity contribution in [1.82, 2.24) is 5.32 Å². The molecule has 0 heterocycles. The number of benzene rings is 1. The molecule has 3 N–H and O–H groups in total. The van der Waals surface area contributed by atoms with E-state index in [4.69, 9.17) is 14.9 Å². The molecule has 20 heavy (non-hydrogen) atoms. The largest absolute Gasteiger partial charge is 0.492 e. The summed E-state index contributed by atoms with van der Waals surface area (Å²) in [6.45, 7) is 5.58. The maximum atomic E-state index is 10.7. The number of carboxylic acid groups (broad SMARTS) is 1. The van der Waals surface area contributed by atoms with E-state index in [1.54, 1.807) is 12.1 Å². The van der Waals surface area contributed by atoms with E-state index < -0.39 is 5.97 Å². The van der Waals surface area contributed by atoms with E-state index in [0.29, 0.717) is 24.8 Å². The van der Waals surface area contributed by atoms with Crippen LogP contribution in [0.1, 0.15) is 30.6 Å². The van der Waals surface area contributed by atoms with Gasteiger partial charge in [-0.3, -0.25) is 0 Å². The molecule has 0 amide bonds. The molecule has 1 aromatic carbocycles. The molecule has 0 bridgehead atoms. The van der Waals surface area contributed by atoms with Crippen LogP contribution < -0.4 is 10.1 Å². The second-order valence-corrected chi connectivity index (χ2v) is 4.99. The second-order valence-electron chi connectivity index (χ2n) is 4.99. The molecule has 0 aliphatic rings. The van der Waals surface area contributed by atoms with Gasteiger partial charge in [-0.2, -0.15) is 0 Å². The number of hydrogen-bond donors (Lipinski definition) is 3. The highest BCUT2D eigenvalue weighted by Crippen LogP contribution is 2.12. The fraction of sp³-hybridized carbons (Fsp3) is 0.533. The van der Waals surface area contributed by atoms with Crippen molar-refractivity contribution < 1.29 is 19.7 Å². The van der Waals surface area contributed by atoms with Crippen molar-refractivity contribution in [3.63, 3.8) is 0 Å². The summed E-state index contributed by atoms with van der Waals surface area (Å²) >= 11 is 0. The molecule has 5 nitrogen and oxygen atoms in total. The quantitative estimate of drug-likeness (QED) is 0.601. The zero-order valence-electron chi connectivity index (χ0n) is 12.0. The first kappa shape index (κ1) is 16.5. The summed E-state index contributed by atoms with van der Waals surface area (Å²) in [6, 6.07) is 6.62. The van der Waals surface area contributed by atoms with E-state index in [1.807, 2.05) is 0 Å². The third kappa shape index (κ3) is 5.59. The standard InChI is InChI=1S/C15H23NO4/c1-11(2)14(7-9-17)16-8-10-20-13-5-3-12(4-6-13)15(18)19/h3-6,11,14,16-17H,7-10H2,1-2H3,(H,18,19). The van der Waals surface area contributed by atoms with Gasteiger partial charge in [-0.15, -0.1) is 0 Å². The summed E-state index contributed by atoms with van der Waals surface area (Å²) in [5.74, 6) is 0.166. The number of aromatic carboxylic acids is 1. The summed E-state index contributed by atoms with van der Waals surface area (Å²) in [7, 11) is 0. The molecular weight excluding hydrogens is 258 g/mol.